The minimum atomic E-state index is -4.58. The van der Waals surface area contributed by atoms with Gasteiger partial charge in [-0.3, -0.25) is 14.7 Å². The number of benzene rings is 3. The highest BCUT2D eigenvalue weighted by Gasteiger charge is 2.19. The maximum atomic E-state index is 11.7. The Kier molecular flexibility index (Phi) is 4.60. The molecule has 0 saturated heterocycles. The molecule has 0 amide bonds. The number of hydrogen-bond acceptors (Lipinski definition) is 7. The minimum Gasteiger partial charge on any atom is -0.506 e. The second-order valence-electron chi connectivity index (χ2n) is 5.75. The molecule has 27 heavy (non-hydrogen) atoms. The van der Waals surface area contributed by atoms with Gasteiger partial charge in [0.25, 0.3) is 15.8 Å². The minimum absolute atomic E-state index is 0.00842. The third-order valence-corrected chi connectivity index (χ3v) is 4.66. The number of aromatic hydroxyl groups is 1. The van der Waals surface area contributed by atoms with E-state index in [9.17, 15) is 28.2 Å². The predicted octanol–water partition coefficient (Wildman–Crippen LogP) is 4.42. The molecule has 0 spiro atoms. The fourth-order valence-corrected chi connectivity index (χ4v) is 3.37. The molecule has 0 bridgehead atoms. The number of phenols is 1. The predicted molar refractivity (Wildman–Crippen MR) is 97.4 cm³/mol. The molecule has 0 heterocycles. The van der Waals surface area contributed by atoms with Crippen molar-refractivity contribution in [2.75, 3.05) is 0 Å². The molecular weight excluding hydrogens is 374 g/mol. The number of aryl methyl sites for hydroxylation is 1. The summed E-state index contributed by atoms with van der Waals surface area (Å²) in [6.07, 6.45) is 0. The lowest BCUT2D eigenvalue weighted by Gasteiger charge is -2.08. The molecule has 0 aliphatic rings. The van der Waals surface area contributed by atoms with E-state index in [0.717, 1.165) is 0 Å². The molecule has 3 aromatic carbocycles. The van der Waals surface area contributed by atoms with Gasteiger partial charge in [-0.15, -0.1) is 5.11 Å². The molecular formula is C17H13N3O6S. The van der Waals surface area contributed by atoms with Crippen molar-refractivity contribution in [3.63, 3.8) is 0 Å². The van der Waals surface area contributed by atoms with Gasteiger partial charge in [0.1, 0.15) is 16.3 Å². The number of nitrogens with zero attached hydrogens (tertiary/aromatic N) is 3. The Hall–Kier alpha value is -3.37. The van der Waals surface area contributed by atoms with Crippen LogP contribution in [0, 0.1) is 17.0 Å². The molecule has 0 unspecified atom stereocenters. The number of nitro benzene ring substituents is 1. The maximum Gasteiger partial charge on any atom is 0.295 e. The van der Waals surface area contributed by atoms with Crippen molar-refractivity contribution >= 4 is 38.0 Å². The monoisotopic (exact) mass is 387 g/mol. The summed E-state index contributed by atoms with van der Waals surface area (Å²) in [5.41, 5.74) is 0.385. The zero-order chi connectivity index (χ0) is 19.8. The molecule has 0 saturated carbocycles. The second kappa shape index (κ2) is 6.74. The molecule has 10 heteroatoms. The largest absolute Gasteiger partial charge is 0.506 e. The van der Waals surface area contributed by atoms with Crippen LogP contribution >= 0.6 is 0 Å². The van der Waals surface area contributed by atoms with E-state index in [1.807, 2.05) is 0 Å². The average molecular weight is 387 g/mol. The van der Waals surface area contributed by atoms with E-state index >= 15 is 0 Å². The molecule has 0 atom stereocenters. The van der Waals surface area contributed by atoms with E-state index in [4.69, 9.17) is 0 Å². The topological polar surface area (TPSA) is 142 Å². The van der Waals surface area contributed by atoms with Crippen molar-refractivity contribution in [3.8, 4) is 5.75 Å². The molecule has 0 aromatic heterocycles. The highest BCUT2D eigenvalue weighted by molar-refractivity contribution is 7.86. The standard InChI is InChI=1S/C17H13N3O6S/c1-10-7-12(9-13(8-10)20(22)23)18-19-17-14(21)6-5-11-3-2-4-15(16(11)17)27(24,25)26/h2-9,21H,1H3,(H,24,25,26). The van der Waals surface area contributed by atoms with Crippen LogP contribution in [0.25, 0.3) is 10.8 Å². The summed E-state index contributed by atoms with van der Waals surface area (Å²) in [5, 5.41) is 29.3. The highest BCUT2D eigenvalue weighted by Crippen LogP contribution is 2.39. The molecule has 2 N–H and O–H groups in total. The van der Waals surface area contributed by atoms with Crippen molar-refractivity contribution < 1.29 is 23.0 Å². The summed E-state index contributed by atoms with van der Waals surface area (Å²) in [6.45, 7) is 1.65. The lowest BCUT2D eigenvalue weighted by atomic mass is 10.1. The van der Waals surface area contributed by atoms with Crippen molar-refractivity contribution in [1.82, 2.24) is 0 Å². The fourth-order valence-electron chi connectivity index (χ4n) is 2.65. The van der Waals surface area contributed by atoms with Crippen LogP contribution in [0.2, 0.25) is 0 Å². The average Bonchev–Trinajstić information content (AvgIpc) is 2.59. The number of phenolic OH excluding ortho intramolecular Hbond substituents is 1. The fraction of sp³-hybridized carbons (Fsp3) is 0.0588. The van der Waals surface area contributed by atoms with Gasteiger partial charge in [0.2, 0.25) is 0 Å². The van der Waals surface area contributed by atoms with Gasteiger partial charge in [-0.1, -0.05) is 18.2 Å². The first kappa shape index (κ1) is 18.4. The van der Waals surface area contributed by atoms with Crippen LogP contribution in [0.5, 0.6) is 5.75 Å². The summed E-state index contributed by atoms with van der Waals surface area (Å²) < 4.78 is 32.8. The van der Waals surface area contributed by atoms with Crippen molar-refractivity contribution in [2.45, 2.75) is 11.8 Å². The molecule has 0 aliphatic carbocycles. The van der Waals surface area contributed by atoms with E-state index in [1.165, 1.54) is 36.4 Å². The smallest absolute Gasteiger partial charge is 0.295 e. The Labute approximate surface area is 153 Å². The lowest BCUT2D eigenvalue weighted by Crippen LogP contribution is -1.99. The third kappa shape index (κ3) is 3.76. The van der Waals surface area contributed by atoms with Crippen molar-refractivity contribution in [1.29, 1.82) is 0 Å². The SMILES string of the molecule is Cc1cc(N=Nc2c(O)ccc3cccc(S(=O)(=O)O)c23)cc([N+](=O)[O-])c1. The van der Waals surface area contributed by atoms with Crippen molar-refractivity contribution in [2.24, 2.45) is 10.2 Å². The van der Waals surface area contributed by atoms with Gasteiger partial charge in [0, 0.05) is 17.5 Å². The van der Waals surface area contributed by atoms with E-state index in [1.54, 1.807) is 19.1 Å². The van der Waals surface area contributed by atoms with Gasteiger partial charge in [-0.05, 0) is 36.1 Å². The van der Waals surface area contributed by atoms with Gasteiger partial charge < -0.3 is 5.11 Å². The number of non-ortho nitro benzene ring substituents is 1. The molecule has 0 fully saturated rings. The van der Waals surface area contributed by atoms with Crippen molar-refractivity contribution in [3.05, 3.63) is 64.2 Å². The first-order valence-electron chi connectivity index (χ1n) is 7.57. The molecule has 0 radical (unpaired) electrons. The van der Waals surface area contributed by atoms with Crippen LogP contribution in [-0.4, -0.2) is 23.0 Å². The summed E-state index contributed by atoms with van der Waals surface area (Å²) in [6, 6.07) is 11.1. The van der Waals surface area contributed by atoms with E-state index in [-0.39, 0.29) is 28.2 Å². The first-order chi connectivity index (χ1) is 12.7. The number of nitro groups is 1. The second-order valence-corrected chi connectivity index (χ2v) is 7.14. The quantitative estimate of drug-likeness (QED) is 0.293. The Bertz CT molecular complexity index is 1200. The first-order valence-corrected chi connectivity index (χ1v) is 9.01. The number of hydrogen-bond donors (Lipinski definition) is 2. The van der Waals surface area contributed by atoms with Crippen LogP contribution in [0.4, 0.5) is 17.1 Å². The number of fused-ring (bicyclic) bond motifs is 1. The van der Waals surface area contributed by atoms with Gasteiger partial charge in [-0.2, -0.15) is 13.5 Å². The van der Waals surface area contributed by atoms with Crippen LogP contribution in [0.1, 0.15) is 5.56 Å². The third-order valence-electron chi connectivity index (χ3n) is 3.76. The van der Waals surface area contributed by atoms with Crippen LogP contribution in [0.3, 0.4) is 0 Å². The van der Waals surface area contributed by atoms with E-state index in [2.05, 4.69) is 10.2 Å². The Balaban J connectivity index is 2.22. The number of rotatable bonds is 4. The Morgan fingerprint density at radius 1 is 1.07 bits per heavy atom. The van der Waals surface area contributed by atoms with E-state index < -0.39 is 19.9 Å². The summed E-state index contributed by atoms with van der Waals surface area (Å²) in [7, 11) is -4.58. The van der Waals surface area contributed by atoms with Gasteiger partial charge in [-0.25, -0.2) is 0 Å². The Morgan fingerprint density at radius 2 is 1.81 bits per heavy atom. The van der Waals surface area contributed by atoms with Gasteiger partial charge >= 0.3 is 0 Å². The zero-order valence-electron chi connectivity index (χ0n) is 13.9. The van der Waals surface area contributed by atoms with Gasteiger partial charge in [0.15, 0.2) is 0 Å². The summed E-state index contributed by atoms with van der Waals surface area (Å²) in [5.74, 6) is -0.357. The molecule has 3 rings (SSSR count). The van der Waals surface area contributed by atoms with E-state index in [0.29, 0.717) is 10.9 Å². The zero-order valence-corrected chi connectivity index (χ0v) is 14.7. The molecule has 0 aliphatic heterocycles. The summed E-state index contributed by atoms with van der Waals surface area (Å²) >= 11 is 0. The molecule has 138 valence electrons. The van der Waals surface area contributed by atoms with Gasteiger partial charge in [0.05, 0.1) is 10.6 Å². The van der Waals surface area contributed by atoms with Crippen LogP contribution < -0.4 is 0 Å². The lowest BCUT2D eigenvalue weighted by molar-refractivity contribution is -0.384. The summed E-state index contributed by atoms with van der Waals surface area (Å²) in [4.78, 5) is 9.96. The van der Waals surface area contributed by atoms with Crippen LogP contribution in [-0.2, 0) is 10.1 Å². The Morgan fingerprint density at radius 3 is 2.48 bits per heavy atom. The molecule has 9 nitrogen and oxygen atoms in total. The molecule has 3 aromatic rings. The maximum absolute atomic E-state index is 11.7. The normalized spacial score (nSPS) is 11.9. The van der Waals surface area contributed by atoms with Crippen LogP contribution in [0.15, 0.2) is 63.7 Å². The number of azo groups is 1. The highest BCUT2D eigenvalue weighted by atomic mass is 32.2.